The third-order valence-corrected chi connectivity index (χ3v) is 5.11. The molecular formula is C23H22ClNO4. The highest BCUT2D eigenvalue weighted by Gasteiger charge is 2.27. The molecule has 150 valence electrons. The molecule has 0 bridgehead atoms. The quantitative estimate of drug-likeness (QED) is 0.633. The number of ether oxygens (including phenoxy) is 2. The van der Waals surface area contributed by atoms with E-state index in [1.807, 2.05) is 24.3 Å². The molecule has 1 aliphatic rings. The summed E-state index contributed by atoms with van der Waals surface area (Å²) >= 11 is 6.03. The third-order valence-electron chi connectivity index (χ3n) is 4.86. The maximum Gasteiger partial charge on any atom is 0.287 e. The van der Waals surface area contributed by atoms with Crippen molar-refractivity contribution in [1.29, 1.82) is 0 Å². The van der Waals surface area contributed by atoms with E-state index in [1.165, 1.54) is 5.56 Å². The van der Waals surface area contributed by atoms with Gasteiger partial charge in [-0.3, -0.25) is 4.79 Å². The molecule has 1 amide bonds. The summed E-state index contributed by atoms with van der Waals surface area (Å²) in [6.07, 6.45) is 0.612. The predicted octanol–water partition coefficient (Wildman–Crippen LogP) is 4.79. The number of carbonyl (C=O) groups excluding carboxylic acids is 1. The van der Waals surface area contributed by atoms with Gasteiger partial charge in [-0.1, -0.05) is 29.8 Å². The number of hydrogen-bond acceptors (Lipinski definition) is 4. The molecule has 3 aromatic rings. The molecule has 1 unspecified atom stereocenters. The van der Waals surface area contributed by atoms with Gasteiger partial charge in [0.15, 0.2) is 5.76 Å². The molecule has 6 heteroatoms. The van der Waals surface area contributed by atoms with Crippen molar-refractivity contribution >= 4 is 17.5 Å². The molecule has 1 N–H and O–H groups in total. The summed E-state index contributed by atoms with van der Waals surface area (Å²) in [6, 6.07) is 15.4. The summed E-state index contributed by atoms with van der Waals surface area (Å²) in [4.78, 5) is 12.4. The van der Waals surface area contributed by atoms with Crippen LogP contribution in [0, 0.1) is 6.92 Å². The lowest BCUT2D eigenvalue weighted by Crippen LogP contribution is -2.34. The van der Waals surface area contributed by atoms with Crippen molar-refractivity contribution in [2.75, 3.05) is 13.7 Å². The Morgan fingerprint density at radius 1 is 1.21 bits per heavy atom. The smallest absolute Gasteiger partial charge is 0.287 e. The van der Waals surface area contributed by atoms with Gasteiger partial charge in [0.05, 0.1) is 6.54 Å². The largest absolute Gasteiger partial charge is 0.487 e. The van der Waals surface area contributed by atoms with Gasteiger partial charge >= 0.3 is 0 Å². The summed E-state index contributed by atoms with van der Waals surface area (Å²) in [5.74, 6) is 1.49. The maximum atomic E-state index is 12.4. The fraction of sp³-hybridized carbons (Fsp3) is 0.261. The second-order valence-electron chi connectivity index (χ2n) is 7.16. The summed E-state index contributed by atoms with van der Waals surface area (Å²) in [5.41, 5.74) is 4.42. The highest BCUT2D eigenvalue weighted by molar-refractivity contribution is 6.30. The number of hydrogen-bond donors (Lipinski definition) is 1. The number of rotatable bonds is 6. The lowest BCUT2D eigenvalue weighted by atomic mass is 9.98. The van der Waals surface area contributed by atoms with Crippen LogP contribution in [-0.4, -0.2) is 25.7 Å². The summed E-state index contributed by atoms with van der Waals surface area (Å²) in [6.45, 7) is 2.80. The molecule has 0 fully saturated rings. The van der Waals surface area contributed by atoms with Crippen LogP contribution in [0.1, 0.15) is 27.4 Å². The molecule has 2 heterocycles. The van der Waals surface area contributed by atoms with Gasteiger partial charge < -0.3 is 19.2 Å². The second kappa shape index (κ2) is 8.31. The molecule has 4 rings (SSSR count). The molecule has 2 aromatic carbocycles. The van der Waals surface area contributed by atoms with E-state index in [2.05, 4.69) is 24.4 Å². The molecule has 29 heavy (non-hydrogen) atoms. The Morgan fingerprint density at radius 3 is 2.76 bits per heavy atom. The van der Waals surface area contributed by atoms with Gasteiger partial charge in [-0.25, -0.2) is 0 Å². The third kappa shape index (κ3) is 4.31. The Balaban J connectivity index is 1.45. The van der Waals surface area contributed by atoms with Gasteiger partial charge in [0.2, 0.25) is 0 Å². The minimum atomic E-state index is -0.263. The Hall–Kier alpha value is -2.76. The Labute approximate surface area is 174 Å². The zero-order valence-corrected chi connectivity index (χ0v) is 17.1. The van der Waals surface area contributed by atoms with Gasteiger partial charge in [-0.2, -0.15) is 0 Å². The predicted molar refractivity (Wildman–Crippen MR) is 111 cm³/mol. The molecular weight excluding hydrogens is 390 g/mol. The normalized spacial score (nSPS) is 15.1. The zero-order chi connectivity index (χ0) is 20.4. The Bertz CT molecular complexity index is 1030. The van der Waals surface area contributed by atoms with Crippen molar-refractivity contribution in [2.24, 2.45) is 0 Å². The minimum absolute atomic E-state index is 0.129. The van der Waals surface area contributed by atoms with E-state index >= 15 is 0 Å². The summed E-state index contributed by atoms with van der Waals surface area (Å²) in [5, 5.41) is 3.60. The van der Waals surface area contributed by atoms with Gasteiger partial charge in [0.25, 0.3) is 5.91 Å². The molecule has 1 aliphatic heterocycles. The molecule has 1 atom stereocenters. The first kappa shape index (κ1) is 19.6. The number of carbonyl (C=O) groups is 1. The fourth-order valence-corrected chi connectivity index (χ4v) is 3.69. The number of fused-ring (bicyclic) bond motifs is 1. The Morgan fingerprint density at radius 2 is 2.00 bits per heavy atom. The fourth-order valence-electron chi connectivity index (χ4n) is 3.56. The standard InChI is InChI=1S/C23H22ClNO4/c1-14-9-16-11-19(12-25-23(26)21-8-7-18(28-21)13-27-2)29-22(16)20(10-14)15-3-5-17(24)6-4-15/h3-10,19H,11-13H2,1-2H3,(H,25,26). The highest BCUT2D eigenvalue weighted by Crippen LogP contribution is 2.40. The van der Waals surface area contributed by atoms with Crippen molar-refractivity contribution in [2.45, 2.75) is 26.1 Å². The van der Waals surface area contributed by atoms with Crippen LogP contribution >= 0.6 is 11.6 Å². The first-order valence-electron chi connectivity index (χ1n) is 9.45. The van der Waals surface area contributed by atoms with Crippen LogP contribution in [0.15, 0.2) is 52.9 Å². The molecule has 1 aromatic heterocycles. The van der Waals surface area contributed by atoms with Crippen LogP contribution in [0.5, 0.6) is 5.75 Å². The van der Waals surface area contributed by atoms with Crippen molar-refractivity contribution in [3.05, 3.63) is 76.2 Å². The lowest BCUT2D eigenvalue weighted by Gasteiger charge is -2.14. The number of nitrogens with one attached hydrogen (secondary N) is 1. The molecule has 0 saturated heterocycles. The van der Waals surface area contributed by atoms with Gasteiger partial charge in [0.1, 0.15) is 24.2 Å². The lowest BCUT2D eigenvalue weighted by molar-refractivity contribution is 0.0897. The average Bonchev–Trinajstić information content (AvgIpc) is 3.33. The average molecular weight is 412 g/mol. The maximum absolute atomic E-state index is 12.4. The number of furan rings is 1. The van der Waals surface area contributed by atoms with Gasteiger partial charge in [-0.15, -0.1) is 0 Å². The first-order valence-corrected chi connectivity index (χ1v) is 9.83. The van der Waals surface area contributed by atoms with Crippen molar-refractivity contribution in [3.8, 4) is 16.9 Å². The van der Waals surface area contributed by atoms with Crippen LogP contribution in [0.2, 0.25) is 5.02 Å². The number of benzene rings is 2. The minimum Gasteiger partial charge on any atom is -0.487 e. The van der Waals surface area contributed by atoms with E-state index in [9.17, 15) is 4.79 Å². The SMILES string of the molecule is COCc1ccc(C(=O)NCC2Cc3cc(C)cc(-c4ccc(Cl)cc4)c3O2)o1. The number of amides is 1. The zero-order valence-electron chi connectivity index (χ0n) is 16.3. The van der Waals surface area contributed by atoms with E-state index in [0.717, 1.165) is 28.9 Å². The monoisotopic (exact) mass is 411 g/mol. The van der Waals surface area contributed by atoms with Crippen LogP contribution in [0.4, 0.5) is 0 Å². The number of methoxy groups -OCH3 is 1. The van der Waals surface area contributed by atoms with E-state index in [1.54, 1.807) is 19.2 Å². The van der Waals surface area contributed by atoms with E-state index in [-0.39, 0.29) is 17.8 Å². The van der Waals surface area contributed by atoms with E-state index in [4.69, 9.17) is 25.5 Å². The van der Waals surface area contributed by atoms with E-state index in [0.29, 0.717) is 23.9 Å². The van der Waals surface area contributed by atoms with E-state index < -0.39 is 0 Å². The van der Waals surface area contributed by atoms with Gasteiger partial charge in [-0.05, 0) is 53.9 Å². The summed E-state index contributed by atoms with van der Waals surface area (Å²) < 4.78 is 16.7. The van der Waals surface area contributed by atoms with Crippen LogP contribution in [0.25, 0.3) is 11.1 Å². The van der Waals surface area contributed by atoms with Crippen LogP contribution < -0.4 is 10.1 Å². The topological polar surface area (TPSA) is 60.7 Å². The highest BCUT2D eigenvalue weighted by atomic mass is 35.5. The molecule has 0 radical (unpaired) electrons. The second-order valence-corrected chi connectivity index (χ2v) is 7.60. The van der Waals surface area contributed by atoms with Crippen molar-refractivity contribution in [1.82, 2.24) is 5.32 Å². The van der Waals surface area contributed by atoms with Crippen molar-refractivity contribution in [3.63, 3.8) is 0 Å². The number of aryl methyl sites for hydroxylation is 1. The molecule has 5 nitrogen and oxygen atoms in total. The molecule has 0 aliphatic carbocycles. The van der Waals surface area contributed by atoms with Crippen molar-refractivity contribution < 1.29 is 18.7 Å². The Kier molecular flexibility index (Phi) is 5.60. The summed E-state index contributed by atoms with van der Waals surface area (Å²) in [7, 11) is 1.58. The van der Waals surface area contributed by atoms with Crippen LogP contribution in [0.3, 0.4) is 0 Å². The molecule has 0 spiro atoms. The van der Waals surface area contributed by atoms with Gasteiger partial charge in [0, 0.05) is 24.1 Å². The number of halogens is 1. The first-order chi connectivity index (χ1) is 14.0. The van der Waals surface area contributed by atoms with Crippen LogP contribution in [-0.2, 0) is 17.8 Å². The molecule has 0 saturated carbocycles.